The monoisotopic (exact) mass is 446 g/mol. The van der Waals surface area contributed by atoms with Gasteiger partial charge in [-0.3, -0.25) is 14.9 Å². The molecule has 0 saturated carbocycles. The molecule has 2 aromatic carbocycles. The molecule has 0 aliphatic heterocycles. The molecule has 1 heterocycles. The summed E-state index contributed by atoms with van der Waals surface area (Å²) in [4.78, 5) is 24.7. The van der Waals surface area contributed by atoms with E-state index in [1.807, 2.05) is 0 Å². The molecular formula is C20H19ClN4O4S. The number of nitrogens with zero attached hydrogens (tertiary/aromatic N) is 2. The summed E-state index contributed by atoms with van der Waals surface area (Å²) in [6, 6.07) is 11.7. The van der Waals surface area contributed by atoms with Crippen LogP contribution in [0.4, 0.5) is 5.13 Å². The Bertz CT molecular complexity index is 1060. The average Bonchev–Trinajstić information content (AvgIpc) is 3.20. The maximum Gasteiger partial charge on any atom is 0.261 e. The molecule has 3 aromatic rings. The normalized spacial score (nSPS) is 10.4. The number of amides is 2. The minimum absolute atomic E-state index is 0.259. The van der Waals surface area contributed by atoms with Gasteiger partial charge in [-0.1, -0.05) is 35.1 Å². The lowest BCUT2D eigenvalue weighted by Gasteiger charge is -2.09. The number of carbonyl (C=O) groups is 2. The lowest BCUT2D eigenvalue weighted by Crippen LogP contribution is -2.25. The number of anilines is 1. The number of methoxy groups -OCH3 is 2. The third kappa shape index (κ3) is 5.25. The summed E-state index contributed by atoms with van der Waals surface area (Å²) < 4.78 is 10.4. The van der Waals surface area contributed by atoms with Crippen molar-refractivity contribution in [2.45, 2.75) is 6.42 Å². The third-order valence-corrected chi connectivity index (χ3v) is 5.31. The van der Waals surface area contributed by atoms with Crippen molar-refractivity contribution < 1.29 is 19.1 Å². The van der Waals surface area contributed by atoms with E-state index in [1.165, 1.54) is 25.6 Å². The Balaban J connectivity index is 1.56. The first-order chi connectivity index (χ1) is 14.5. The second-order valence-electron chi connectivity index (χ2n) is 6.01. The molecule has 1 aromatic heterocycles. The smallest absolute Gasteiger partial charge is 0.261 e. The number of halogens is 1. The van der Waals surface area contributed by atoms with Crippen LogP contribution in [0.15, 0.2) is 42.5 Å². The van der Waals surface area contributed by atoms with Crippen LogP contribution < -0.4 is 20.1 Å². The fourth-order valence-corrected chi connectivity index (χ4v) is 3.54. The first kappa shape index (κ1) is 21.5. The molecule has 30 heavy (non-hydrogen) atoms. The van der Waals surface area contributed by atoms with Crippen molar-refractivity contribution in [1.82, 2.24) is 15.5 Å². The van der Waals surface area contributed by atoms with Crippen molar-refractivity contribution in [3.63, 3.8) is 0 Å². The predicted molar refractivity (Wildman–Crippen MR) is 115 cm³/mol. The van der Waals surface area contributed by atoms with E-state index in [0.717, 1.165) is 0 Å². The molecule has 2 amide bonds. The van der Waals surface area contributed by atoms with Gasteiger partial charge in [0, 0.05) is 19.0 Å². The molecule has 0 atom stereocenters. The number of ether oxygens (including phenoxy) is 2. The van der Waals surface area contributed by atoms with Gasteiger partial charge in [0.05, 0.1) is 30.4 Å². The molecule has 156 valence electrons. The lowest BCUT2D eigenvalue weighted by atomic mass is 10.2. The number of nitrogens with one attached hydrogen (secondary N) is 2. The molecule has 8 nitrogen and oxygen atoms in total. The molecule has 0 aliphatic rings. The Morgan fingerprint density at radius 1 is 1.03 bits per heavy atom. The molecular weight excluding hydrogens is 428 g/mol. The number of benzene rings is 2. The molecule has 0 unspecified atom stereocenters. The van der Waals surface area contributed by atoms with Crippen LogP contribution in [0.25, 0.3) is 0 Å². The summed E-state index contributed by atoms with van der Waals surface area (Å²) in [5.41, 5.74) is 0.764. The largest absolute Gasteiger partial charge is 0.497 e. The number of aromatic nitrogens is 2. The Morgan fingerprint density at radius 3 is 2.57 bits per heavy atom. The lowest BCUT2D eigenvalue weighted by molar-refractivity contribution is 0.0953. The third-order valence-electron chi connectivity index (χ3n) is 4.08. The Morgan fingerprint density at radius 2 is 1.83 bits per heavy atom. The second kappa shape index (κ2) is 10.0. The first-order valence-electron chi connectivity index (χ1n) is 8.90. The first-order valence-corrected chi connectivity index (χ1v) is 10.1. The van der Waals surface area contributed by atoms with E-state index in [1.54, 1.807) is 42.5 Å². The summed E-state index contributed by atoms with van der Waals surface area (Å²) >= 11 is 7.25. The fraction of sp³-hybridized carbons (Fsp3) is 0.200. The number of rotatable bonds is 8. The van der Waals surface area contributed by atoms with E-state index in [2.05, 4.69) is 20.8 Å². The van der Waals surface area contributed by atoms with Crippen LogP contribution in [-0.4, -0.2) is 42.8 Å². The van der Waals surface area contributed by atoms with Crippen LogP contribution in [0.3, 0.4) is 0 Å². The Labute approximate surface area is 182 Å². The Kier molecular flexibility index (Phi) is 7.21. The van der Waals surface area contributed by atoms with Crippen molar-refractivity contribution in [1.29, 1.82) is 0 Å². The van der Waals surface area contributed by atoms with E-state index in [-0.39, 0.29) is 11.8 Å². The zero-order chi connectivity index (χ0) is 21.5. The van der Waals surface area contributed by atoms with Gasteiger partial charge in [-0.2, -0.15) is 0 Å². The number of carbonyl (C=O) groups excluding carboxylic acids is 2. The molecule has 0 radical (unpaired) electrons. The van der Waals surface area contributed by atoms with E-state index in [4.69, 9.17) is 21.1 Å². The van der Waals surface area contributed by atoms with Gasteiger partial charge in [0.2, 0.25) is 5.13 Å². The molecule has 2 N–H and O–H groups in total. The van der Waals surface area contributed by atoms with E-state index < -0.39 is 0 Å². The molecule has 3 rings (SSSR count). The van der Waals surface area contributed by atoms with Gasteiger partial charge in [-0.25, -0.2) is 0 Å². The molecule has 10 heteroatoms. The quantitative estimate of drug-likeness (QED) is 0.549. The summed E-state index contributed by atoms with van der Waals surface area (Å²) in [5, 5.41) is 14.9. The molecule has 0 fully saturated rings. The summed E-state index contributed by atoms with van der Waals surface area (Å²) in [6.45, 7) is 0.360. The van der Waals surface area contributed by atoms with E-state index in [0.29, 0.717) is 50.8 Å². The highest BCUT2D eigenvalue weighted by Gasteiger charge is 2.16. The van der Waals surface area contributed by atoms with E-state index >= 15 is 0 Å². The standard InChI is InChI=1S/C20H19ClN4O4S/c1-28-12-7-8-14(16(11-12)29-2)19(27)23-20-25-24-17(30-20)9-10-22-18(26)13-5-3-4-6-15(13)21/h3-8,11H,9-10H2,1-2H3,(H,22,26)(H,23,25,27). The van der Waals surface area contributed by atoms with Gasteiger partial charge in [0.25, 0.3) is 11.8 Å². The molecule has 0 saturated heterocycles. The zero-order valence-corrected chi connectivity index (χ0v) is 17.8. The van der Waals surface area contributed by atoms with Gasteiger partial charge in [-0.05, 0) is 24.3 Å². The maximum atomic E-state index is 12.5. The molecule has 0 bridgehead atoms. The minimum atomic E-state index is -0.371. The van der Waals surface area contributed by atoms with E-state index in [9.17, 15) is 9.59 Å². The Hall–Kier alpha value is -3.17. The summed E-state index contributed by atoms with van der Waals surface area (Å²) in [5.74, 6) is 0.341. The highest BCUT2D eigenvalue weighted by atomic mass is 35.5. The van der Waals surface area contributed by atoms with Crippen LogP contribution in [0.2, 0.25) is 5.02 Å². The second-order valence-corrected chi connectivity index (χ2v) is 7.48. The topological polar surface area (TPSA) is 102 Å². The summed E-state index contributed by atoms with van der Waals surface area (Å²) in [7, 11) is 3.01. The average molecular weight is 447 g/mol. The number of hydrogen-bond donors (Lipinski definition) is 2. The highest BCUT2D eigenvalue weighted by molar-refractivity contribution is 7.15. The fourth-order valence-electron chi connectivity index (χ4n) is 2.58. The van der Waals surface area contributed by atoms with Crippen molar-refractivity contribution in [2.75, 3.05) is 26.1 Å². The SMILES string of the molecule is COc1ccc(C(=O)Nc2nnc(CCNC(=O)c3ccccc3Cl)s2)c(OC)c1. The van der Waals surface area contributed by atoms with Crippen molar-refractivity contribution in [3.8, 4) is 11.5 Å². The van der Waals surface area contributed by atoms with Crippen molar-refractivity contribution in [3.05, 3.63) is 63.6 Å². The minimum Gasteiger partial charge on any atom is -0.497 e. The van der Waals surface area contributed by atoms with Crippen LogP contribution in [0.5, 0.6) is 11.5 Å². The maximum absolute atomic E-state index is 12.5. The summed E-state index contributed by atoms with van der Waals surface area (Å²) in [6.07, 6.45) is 0.468. The van der Waals surface area contributed by atoms with Crippen LogP contribution in [0, 0.1) is 0 Å². The van der Waals surface area contributed by atoms with Gasteiger partial charge < -0.3 is 14.8 Å². The van der Waals surface area contributed by atoms with Crippen molar-refractivity contribution >= 4 is 39.9 Å². The van der Waals surface area contributed by atoms with Crippen molar-refractivity contribution in [2.24, 2.45) is 0 Å². The zero-order valence-electron chi connectivity index (χ0n) is 16.3. The predicted octanol–water partition coefficient (Wildman–Crippen LogP) is 3.43. The number of hydrogen-bond acceptors (Lipinski definition) is 7. The van der Waals surface area contributed by atoms with Gasteiger partial charge in [0.1, 0.15) is 16.5 Å². The van der Waals surface area contributed by atoms with Gasteiger partial charge in [0.15, 0.2) is 0 Å². The van der Waals surface area contributed by atoms with Crippen LogP contribution >= 0.6 is 22.9 Å². The van der Waals surface area contributed by atoms with Crippen LogP contribution in [0.1, 0.15) is 25.7 Å². The highest BCUT2D eigenvalue weighted by Crippen LogP contribution is 2.26. The molecule has 0 spiro atoms. The van der Waals surface area contributed by atoms with Crippen LogP contribution in [-0.2, 0) is 6.42 Å². The molecule has 0 aliphatic carbocycles. The van der Waals surface area contributed by atoms with Gasteiger partial charge in [-0.15, -0.1) is 10.2 Å². The van der Waals surface area contributed by atoms with Gasteiger partial charge >= 0.3 is 0 Å².